The first-order chi connectivity index (χ1) is 9.65. The Bertz CT molecular complexity index is 652. The highest BCUT2D eigenvalue weighted by Gasteiger charge is 2.24. The molecule has 0 radical (unpaired) electrons. The van der Waals surface area contributed by atoms with Crippen LogP contribution in [0.25, 0.3) is 0 Å². The van der Waals surface area contributed by atoms with Crippen molar-refractivity contribution in [2.45, 2.75) is 6.92 Å². The van der Waals surface area contributed by atoms with E-state index in [0.29, 0.717) is 29.5 Å². The van der Waals surface area contributed by atoms with E-state index in [2.05, 4.69) is 0 Å². The zero-order valence-corrected chi connectivity index (χ0v) is 11.9. The van der Waals surface area contributed by atoms with E-state index in [1.54, 1.807) is 23.1 Å². The Labute approximate surface area is 122 Å². The molecule has 1 aliphatic heterocycles. The van der Waals surface area contributed by atoms with E-state index in [4.69, 9.17) is 16.3 Å². The van der Waals surface area contributed by atoms with Gasteiger partial charge in [-0.2, -0.15) is 0 Å². The number of aryl methyl sites for hydroxylation is 1. The maximum absolute atomic E-state index is 12.6. The van der Waals surface area contributed by atoms with Gasteiger partial charge in [0.2, 0.25) is 0 Å². The first kappa shape index (κ1) is 13.0. The van der Waals surface area contributed by atoms with Gasteiger partial charge in [-0.1, -0.05) is 29.3 Å². The van der Waals surface area contributed by atoms with Crippen molar-refractivity contribution in [2.24, 2.45) is 0 Å². The highest BCUT2D eigenvalue weighted by Crippen LogP contribution is 2.34. The van der Waals surface area contributed by atoms with E-state index < -0.39 is 0 Å². The lowest BCUT2D eigenvalue weighted by molar-refractivity contribution is 0.0976. The standard InChI is InChI=1S/C16H14ClNO2/c1-11-2-4-12(5-3-11)16(19)18-8-9-20-15-7-6-13(17)10-14(15)18/h2-7,10H,8-9H2,1H3. The molecule has 0 aromatic heterocycles. The number of halogens is 1. The molecule has 4 heteroatoms. The summed E-state index contributed by atoms with van der Waals surface area (Å²) in [6, 6.07) is 12.9. The third-order valence-electron chi connectivity index (χ3n) is 3.33. The van der Waals surface area contributed by atoms with E-state index >= 15 is 0 Å². The number of benzene rings is 2. The van der Waals surface area contributed by atoms with Crippen LogP contribution in [0.5, 0.6) is 5.75 Å². The first-order valence-corrected chi connectivity index (χ1v) is 6.84. The Balaban J connectivity index is 1.97. The van der Waals surface area contributed by atoms with E-state index in [-0.39, 0.29) is 5.91 Å². The molecule has 0 saturated heterocycles. The van der Waals surface area contributed by atoms with Gasteiger partial charge in [-0.05, 0) is 37.3 Å². The average molecular weight is 288 g/mol. The molecule has 1 heterocycles. The van der Waals surface area contributed by atoms with Gasteiger partial charge in [-0.3, -0.25) is 4.79 Å². The van der Waals surface area contributed by atoms with Crippen LogP contribution in [-0.4, -0.2) is 19.1 Å². The highest BCUT2D eigenvalue weighted by atomic mass is 35.5. The minimum Gasteiger partial charge on any atom is -0.490 e. The van der Waals surface area contributed by atoms with Crippen LogP contribution >= 0.6 is 11.6 Å². The van der Waals surface area contributed by atoms with Crippen LogP contribution in [0.15, 0.2) is 42.5 Å². The zero-order valence-electron chi connectivity index (χ0n) is 11.1. The summed E-state index contributed by atoms with van der Waals surface area (Å²) in [4.78, 5) is 14.3. The number of hydrogen-bond donors (Lipinski definition) is 0. The molecule has 0 unspecified atom stereocenters. The molecule has 2 aromatic carbocycles. The number of anilines is 1. The Morgan fingerprint density at radius 3 is 2.70 bits per heavy atom. The topological polar surface area (TPSA) is 29.5 Å². The maximum Gasteiger partial charge on any atom is 0.258 e. The predicted octanol–water partition coefficient (Wildman–Crippen LogP) is 3.69. The first-order valence-electron chi connectivity index (χ1n) is 6.46. The molecular weight excluding hydrogens is 274 g/mol. The summed E-state index contributed by atoms with van der Waals surface area (Å²) in [5, 5.41) is 0.593. The van der Waals surface area contributed by atoms with Crippen LogP contribution in [0.4, 0.5) is 5.69 Å². The van der Waals surface area contributed by atoms with E-state index in [1.807, 2.05) is 31.2 Å². The van der Waals surface area contributed by atoms with Crippen molar-refractivity contribution in [3.63, 3.8) is 0 Å². The number of hydrogen-bond acceptors (Lipinski definition) is 2. The Morgan fingerprint density at radius 2 is 1.95 bits per heavy atom. The minimum atomic E-state index is -0.0307. The summed E-state index contributed by atoms with van der Waals surface area (Å²) < 4.78 is 5.56. The van der Waals surface area contributed by atoms with Crippen molar-refractivity contribution in [2.75, 3.05) is 18.1 Å². The molecule has 3 nitrogen and oxygen atoms in total. The molecule has 2 aromatic rings. The van der Waals surface area contributed by atoms with Crippen LogP contribution < -0.4 is 9.64 Å². The van der Waals surface area contributed by atoms with Gasteiger partial charge in [0.15, 0.2) is 0 Å². The van der Waals surface area contributed by atoms with Crippen LogP contribution in [0, 0.1) is 6.92 Å². The molecule has 0 bridgehead atoms. The van der Waals surface area contributed by atoms with Crippen LogP contribution in [0.2, 0.25) is 5.02 Å². The van der Waals surface area contributed by atoms with Crippen LogP contribution in [0.3, 0.4) is 0 Å². The van der Waals surface area contributed by atoms with Crippen molar-refractivity contribution in [3.8, 4) is 5.75 Å². The molecule has 0 fully saturated rings. The Kier molecular flexibility index (Phi) is 3.36. The quantitative estimate of drug-likeness (QED) is 0.800. The summed E-state index contributed by atoms with van der Waals surface area (Å²) in [5.41, 5.74) is 2.53. The molecule has 20 heavy (non-hydrogen) atoms. The van der Waals surface area contributed by atoms with Crippen LogP contribution in [-0.2, 0) is 0 Å². The lowest BCUT2D eigenvalue weighted by Gasteiger charge is -2.29. The molecule has 3 rings (SSSR count). The van der Waals surface area contributed by atoms with Gasteiger partial charge in [0.05, 0.1) is 12.2 Å². The molecule has 1 aliphatic rings. The number of ether oxygens (including phenoxy) is 1. The zero-order chi connectivity index (χ0) is 14.1. The number of carbonyl (C=O) groups excluding carboxylic acids is 1. The predicted molar refractivity (Wildman–Crippen MR) is 79.8 cm³/mol. The minimum absolute atomic E-state index is 0.0307. The van der Waals surface area contributed by atoms with Crippen molar-refractivity contribution in [1.82, 2.24) is 0 Å². The third-order valence-corrected chi connectivity index (χ3v) is 3.56. The maximum atomic E-state index is 12.6. The Morgan fingerprint density at radius 1 is 1.20 bits per heavy atom. The molecule has 102 valence electrons. The molecule has 0 N–H and O–H groups in total. The van der Waals surface area contributed by atoms with Gasteiger partial charge in [-0.15, -0.1) is 0 Å². The summed E-state index contributed by atoms with van der Waals surface area (Å²) in [6.45, 7) is 3.02. The van der Waals surface area contributed by atoms with E-state index in [9.17, 15) is 4.79 Å². The SMILES string of the molecule is Cc1ccc(C(=O)N2CCOc3ccc(Cl)cc32)cc1. The molecule has 0 aliphatic carbocycles. The normalized spacial score (nSPS) is 13.6. The van der Waals surface area contributed by atoms with Gasteiger partial charge in [0, 0.05) is 10.6 Å². The van der Waals surface area contributed by atoms with Crippen LogP contribution in [0.1, 0.15) is 15.9 Å². The van der Waals surface area contributed by atoms with Gasteiger partial charge >= 0.3 is 0 Å². The third kappa shape index (κ3) is 2.37. The lowest BCUT2D eigenvalue weighted by Crippen LogP contribution is -2.37. The van der Waals surface area contributed by atoms with Gasteiger partial charge in [0.25, 0.3) is 5.91 Å². The number of amides is 1. The second-order valence-corrected chi connectivity index (χ2v) is 5.22. The second-order valence-electron chi connectivity index (χ2n) is 4.78. The van der Waals surface area contributed by atoms with Gasteiger partial charge in [0.1, 0.15) is 12.4 Å². The van der Waals surface area contributed by atoms with E-state index in [1.165, 1.54) is 0 Å². The van der Waals surface area contributed by atoms with Gasteiger partial charge < -0.3 is 9.64 Å². The Hall–Kier alpha value is -2.00. The summed E-state index contributed by atoms with van der Waals surface area (Å²) in [6.07, 6.45) is 0. The van der Waals surface area contributed by atoms with Crippen molar-refractivity contribution >= 4 is 23.2 Å². The fourth-order valence-corrected chi connectivity index (χ4v) is 2.42. The number of rotatable bonds is 1. The molecule has 0 saturated carbocycles. The average Bonchev–Trinajstić information content (AvgIpc) is 2.46. The smallest absolute Gasteiger partial charge is 0.258 e. The molecule has 0 atom stereocenters. The number of nitrogens with zero attached hydrogens (tertiary/aromatic N) is 1. The molecular formula is C16H14ClNO2. The summed E-state index contributed by atoms with van der Waals surface area (Å²) >= 11 is 6.02. The molecule has 1 amide bonds. The second kappa shape index (κ2) is 5.17. The van der Waals surface area contributed by atoms with Gasteiger partial charge in [-0.25, -0.2) is 0 Å². The number of carbonyl (C=O) groups is 1. The van der Waals surface area contributed by atoms with Crippen molar-refractivity contribution in [3.05, 3.63) is 58.6 Å². The summed E-state index contributed by atoms with van der Waals surface area (Å²) in [5.74, 6) is 0.665. The number of fused-ring (bicyclic) bond motifs is 1. The fraction of sp³-hybridized carbons (Fsp3) is 0.188. The monoisotopic (exact) mass is 287 g/mol. The summed E-state index contributed by atoms with van der Waals surface area (Å²) in [7, 11) is 0. The van der Waals surface area contributed by atoms with E-state index in [0.717, 1.165) is 11.3 Å². The largest absolute Gasteiger partial charge is 0.490 e. The van der Waals surface area contributed by atoms with Crippen molar-refractivity contribution < 1.29 is 9.53 Å². The fourth-order valence-electron chi connectivity index (χ4n) is 2.25. The highest BCUT2D eigenvalue weighted by molar-refractivity contribution is 6.31. The lowest BCUT2D eigenvalue weighted by atomic mass is 10.1. The van der Waals surface area contributed by atoms with Crippen molar-refractivity contribution in [1.29, 1.82) is 0 Å². The molecule has 0 spiro atoms.